The number of fused-ring (bicyclic) bond motifs is 3. The number of allylic oxidation sites excluding steroid dienone is 2. The SMILES string of the molecule is O=C1CN2C(=O)CC2C2C=CC=CC2N1. The lowest BCUT2D eigenvalue weighted by atomic mass is 9.82. The van der Waals surface area contributed by atoms with Crippen LogP contribution < -0.4 is 5.32 Å². The zero-order chi connectivity index (χ0) is 10.4. The van der Waals surface area contributed by atoms with Gasteiger partial charge in [-0.05, 0) is 0 Å². The van der Waals surface area contributed by atoms with Gasteiger partial charge in [0.1, 0.15) is 0 Å². The van der Waals surface area contributed by atoms with Gasteiger partial charge in [0.25, 0.3) is 0 Å². The molecule has 3 aliphatic rings. The summed E-state index contributed by atoms with van der Waals surface area (Å²) in [6.45, 7) is 0.220. The first-order chi connectivity index (χ1) is 7.25. The monoisotopic (exact) mass is 204 g/mol. The predicted octanol–water partition coefficient (Wildman–Crippen LogP) is -0.172. The van der Waals surface area contributed by atoms with E-state index in [0.717, 1.165) is 0 Å². The van der Waals surface area contributed by atoms with Crippen LogP contribution in [0.1, 0.15) is 6.42 Å². The number of hydrogen-bond acceptors (Lipinski definition) is 2. The summed E-state index contributed by atoms with van der Waals surface area (Å²) >= 11 is 0. The fraction of sp³-hybridized carbons (Fsp3) is 0.455. The average Bonchev–Trinajstić information content (AvgIpc) is 2.34. The van der Waals surface area contributed by atoms with Gasteiger partial charge in [0, 0.05) is 18.4 Å². The van der Waals surface area contributed by atoms with Crippen molar-refractivity contribution in [2.45, 2.75) is 18.5 Å². The van der Waals surface area contributed by atoms with E-state index in [1.54, 1.807) is 4.90 Å². The summed E-state index contributed by atoms with van der Waals surface area (Å²) < 4.78 is 0. The Bertz CT molecular complexity index is 386. The Hall–Kier alpha value is -1.58. The molecule has 2 fully saturated rings. The van der Waals surface area contributed by atoms with Gasteiger partial charge in [-0.3, -0.25) is 9.59 Å². The number of rotatable bonds is 0. The van der Waals surface area contributed by atoms with Crippen LogP contribution in [0.15, 0.2) is 24.3 Å². The molecule has 3 atom stereocenters. The van der Waals surface area contributed by atoms with E-state index in [9.17, 15) is 9.59 Å². The van der Waals surface area contributed by atoms with Crippen LogP contribution in [-0.2, 0) is 9.59 Å². The van der Waals surface area contributed by atoms with Gasteiger partial charge in [0.15, 0.2) is 0 Å². The molecule has 3 rings (SSSR count). The van der Waals surface area contributed by atoms with Gasteiger partial charge < -0.3 is 10.2 Å². The molecule has 4 heteroatoms. The molecule has 2 aliphatic heterocycles. The second kappa shape index (κ2) is 2.95. The van der Waals surface area contributed by atoms with Crippen LogP contribution in [0.2, 0.25) is 0 Å². The topological polar surface area (TPSA) is 49.4 Å². The minimum atomic E-state index is -0.0551. The van der Waals surface area contributed by atoms with Crippen LogP contribution >= 0.6 is 0 Å². The highest BCUT2D eigenvalue weighted by Gasteiger charge is 2.46. The van der Waals surface area contributed by atoms with E-state index >= 15 is 0 Å². The maximum Gasteiger partial charge on any atom is 0.240 e. The molecule has 78 valence electrons. The first-order valence-corrected chi connectivity index (χ1v) is 5.19. The number of carbonyl (C=O) groups excluding carboxylic acids is 2. The zero-order valence-electron chi connectivity index (χ0n) is 8.22. The Morgan fingerprint density at radius 3 is 2.87 bits per heavy atom. The largest absolute Gasteiger partial charge is 0.348 e. The smallest absolute Gasteiger partial charge is 0.240 e. The van der Waals surface area contributed by atoms with Crippen LogP contribution in [0.5, 0.6) is 0 Å². The van der Waals surface area contributed by atoms with Gasteiger partial charge in [0.05, 0.1) is 12.6 Å². The van der Waals surface area contributed by atoms with Crippen molar-refractivity contribution in [1.82, 2.24) is 10.2 Å². The third-order valence-electron chi connectivity index (χ3n) is 3.37. The quantitative estimate of drug-likeness (QED) is 0.557. The molecular formula is C11H12N2O2. The predicted molar refractivity (Wildman–Crippen MR) is 53.8 cm³/mol. The van der Waals surface area contributed by atoms with Crippen molar-refractivity contribution in [3.05, 3.63) is 24.3 Å². The molecule has 0 aromatic heterocycles. The van der Waals surface area contributed by atoms with E-state index in [1.807, 2.05) is 18.2 Å². The van der Waals surface area contributed by atoms with E-state index in [4.69, 9.17) is 0 Å². The third kappa shape index (κ3) is 1.21. The van der Waals surface area contributed by atoms with Crippen molar-refractivity contribution in [2.24, 2.45) is 5.92 Å². The molecule has 1 aliphatic carbocycles. The Morgan fingerprint density at radius 2 is 2.07 bits per heavy atom. The molecule has 0 aromatic rings. The van der Waals surface area contributed by atoms with Crippen molar-refractivity contribution in [3.8, 4) is 0 Å². The summed E-state index contributed by atoms with van der Waals surface area (Å²) in [6, 6.07) is 0.272. The first-order valence-electron chi connectivity index (χ1n) is 5.19. The zero-order valence-corrected chi connectivity index (χ0v) is 8.22. The molecule has 1 N–H and O–H groups in total. The van der Waals surface area contributed by atoms with Crippen LogP contribution in [-0.4, -0.2) is 35.3 Å². The summed E-state index contributed by atoms with van der Waals surface area (Å²) in [5.74, 6) is 0.290. The van der Waals surface area contributed by atoms with E-state index in [-0.39, 0.29) is 36.4 Å². The highest BCUT2D eigenvalue weighted by molar-refractivity contribution is 5.90. The van der Waals surface area contributed by atoms with E-state index in [1.165, 1.54) is 0 Å². The lowest BCUT2D eigenvalue weighted by molar-refractivity contribution is -0.149. The summed E-state index contributed by atoms with van der Waals surface area (Å²) in [5, 5.41) is 2.93. The van der Waals surface area contributed by atoms with Crippen molar-refractivity contribution >= 4 is 11.8 Å². The molecule has 2 heterocycles. The van der Waals surface area contributed by atoms with Gasteiger partial charge in [-0.15, -0.1) is 0 Å². The lowest BCUT2D eigenvalue weighted by Gasteiger charge is -2.43. The first kappa shape index (κ1) is 8.71. The highest BCUT2D eigenvalue weighted by Crippen LogP contribution is 2.32. The average molecular weight is 204 g/mol. The van der Waals surface area contributed by atoms with Crippen LogP contribution in [0.25, 0.3) is 0 Å². The second-order valence-electron chi connectivity index (χ2n) is 4.23. The fourth-order valence-corrected chi connectivity index (χ4v) is 2.55. The maximum absolute atomic E-state index is 11.5. The Labute approximate surface area is 87.6 Å². The Morgan fingerprint density at radius 1 is 1.27 bits per heavy atom. The van der Waals surface area contributed by atoms with Crippen molar-refractivity contribution < 1.29 is 9.59 Å². The summed E-state index contributed by atoms with van der Waals surface area (Å²) in [6.07, 6.45) is 8.58. The van der Waals surface area contributed by atoms with Gasteiger partial charge >= 0.3 is 0 Å². The highest BCUT2D eigenvalue weighted by atomic mass is 16.2. The third-order valence-corrected chi connectivity index (χ3v) is 3.37. The van der Waals surface area contributed by atoms with Gasteiger partial charge in [-0.25, -0.2) is 0 Å². The number of carbonyl (C=O) groups is 2. The molecule has 15 heavy (non-hydrogen) atoms. The van der Waals surface area contributed by atoms with Crippen LogP contribution in [0.3, 0.4) is 0 Å². The fourth-order valence-electron chi connectivity index (χ4n) is 2.55. The number of β-lactam (4-membered cyclic amide) rings is 1. The molecule has 0 radical (unpaired) electrons. The van der Waals surface area contributed by atoms with Gasteiger partial charge in [-0.2, -0.15) is 0 Å². The summed E-state index contributed by atoms with van der Waals surface area (Å²) in [5.41, 5.74) is 0. The molecule has 0 saturated carbocycles. The number of hydrogen-bond donors (Lipinski definition) is 1. The van der Waals surface area contributed by atoms with Crippen molar-refractivity contribution in [3.63, 3.8) is 0 Å². The molecule has 0 bridgehead atoms. The maximum atomic E-state index is 11.5. The van der Waals surface area contributed by atoms with Crippen molar-refractivity contribution in [2.75, 3.05) is 6.54 Å². The normalized spacial score (nSPS) is 37.6. The minimum Gasteiger partial charge on any atom is -0.348 e. The molecule has 0 spiro atoms. The second-order valence-corrected chi connectivity index (χ2v) is 4.23. The Balaban J connectivity index is 1.92. The van der Waals surface area contributed by atoms with Gasteiger partial charge in [-0.1, -0.05) is 24.3 Å². The molecule has 0 aromatic carbocycles. The molecular weight excluding hydrogens is 192 g/mol. The Kier molecular flexibility index (Phi) is 1.71. The standard InChI is InChI=1S/C11H12N2O2/c14-10-6-13-9(5-11(13)15)7-3-1-2-4-8(7)12-10/h1-4,7-9H,5-6H2,(H,12,14). The minimum absolute atomic E-state index is 0.0551. The van der Waals surface area contributed by atoms with Gasteiger partial charge in [0.2, 0.25) is 11.8 Å². The summed E-state index contributed by atoms with van der Waals surface area (Å²) in [4.78, 5) is 24.5. The molecule has 2 amide bonds. The molecule has 4 nitrogen and oxygen atoms in total. The van der Waals surface area contributed by atoms with Crippen LogP contribution in [0.4, 0.5) is 0 Å². The van der Waals surface area contributed by atoms with E-state index in [0.29, 0.717) is 6.42 Å². The number of nitrogens with zero attached hydrogens (tertiary/aromatic N) is 1. The number of amides is 2. The van der Waals surface area contributed by atoms with Crippen molar-refractivity contribution in [1.29, 1.82) is 0 Å². The number of nitrogens with one attached hydrogen (secondary N) is 1. The van der Waals surface area contributed by atoms with Crippen LogP contribution in [0, 0.1) is 5.92 Å². The van der Waals surface area contributed by atoms with E-state index < -0.39 is 0 Å². The lowest BCUT2D eigenvalue weighted by Crippen LogP contribution is -2.57. The summed E-state index contributed by atoms with van der Waals surface area (Å²) in [7, 11) is 0. The van der Waals surface area contributed by atoms with E-state index in [2.05, 4.69) is 11.4 Å². The molecule has 2 saturated heterocycles. The molecule has 3 unspecified atom stereocenters.